The van der Waals surface area contributed by atoms with Crippen molar-refractivity contribution >= 4 is 6.29 Å². The van der Waals surface area contributed by atoms with Crippen LogP contribution in [0.3, 0.4) is 0 Å². The molecule has 2 rings (SSSR count). The van der Waals surface area contributed by atoms with Gasteiger partial charge in [0.1, 0.15) is 0 Å². The largest absolute Gasteiger partial charge is 0.493 e. The van der Waals surface area contributed by atoms with Gasteiger partial charge in [-0.25, -0.2) is 0 Å². The van der Waals surface area contributed by atoms with Crippen molar-refractivity contribution in [1.29, 1.82) is 0 Å². The van der Waals surface area contributed by atoms with Gasteiger partial charge in [-0.1, -0.05) is 0 Å². The first-order valence-corrected chi connectivity index (χ1v) is 5.40. The van der Waals surface area contributed by atoms with Gasteiger partial charge in [0.15, 0.2) is 17.8 Å². The number of carbonyl (C=O) groups is 1. The quantitative estimate of drug-likeness (QED) is 0.773. The smallest absolute Gasteiger partial charge is 0.161 e. The molecule has 94 valence electrons. The zero-order chi connectivity index (χ0) is 13.1. The van der Waals surface area contributed by atoms with Crippen molar-refractivity contribution in [2.24, 2.45) is 7.05 Å². The Morgan fingerprint density at radius 3 is 2.39 bits per heavy atom. The summed E-state index contributed by atoms with van der Waals surface area (Å²) in [5.74, 6) is 1.10. The van der Waals surface area contributed by atoms with Crippen molar-refractivity contribution in [3.63, 3.8) is 0 Å². The van der Waals surface area contributed by atoms with E-state index in [1.165, 1.54) is 7.11 Å². The fourth-order valence-corrected chi connectivity index (χ4v) is 1.77. The summed E-state index contributed by atoms with van der Waals surface area (Å²) in [5.41, 5.74) is 1.97. The number of methoxy groups -OCH3 is 2. The number of aldehydes is 1. The molecule has 1 aromatic carbocycles. The predicted molar refractivity (Wildman–Crippen MR) is 67.1 cm³/mol. The summed E-state index contributed by atoms with van der Waals surface area (Å²) in [6, 6.07) is 5.25. The first-order valence-electron chi connectivity index (χ1n) is 5.40. The molecule has 0 spiro atoms. The maximum atomic E-state index is 11.1. The summed E-state index contributed by atoms with van der Waals surface area (Å²) in [5, 5.41) is 4.28. The van der Waals surface area contributed by atoms with Crippen LogP contribution in [-0.2, 0) is 7.05 Å². The third-order valence-corrected chi connectivity index (χ3v) is 2.67. The van der Waals surface area contributed by atoms with Gasteiger partial charge in [-0.15, -0.1) is 0 Å². The molecule has 1 heterocycles. The Bertz CT molecular complexity index is 576. The monoisotopic (exact) mass is 246 g/mol. The van der Waals surface area contributed by atoms with Crippen molar-refractivity contribution in [1.82, 2.24) is 9.78 Å². The van der Waals surface area contributed by atoms with Gasteiger partial charge in [-0.2, -0.15) is 5.10 Å². The van der Waals surface area contributed by atoms with Crippen LogP contribution in [0.1, 0.15) is 10.4 Å². The molecule has 0 unspecified atom stereocenters. The van der Waals surface area contributed by atoms with Crippen LogP contribution in [0.25, 0.3) is 11.3 Å². The number of aromatic nitrogens is 2. The lowest BCUT2D eigenvalue weighted by molar-refractivity contribution is 0.112. The number of hydrogen-bond donors (Lipinski definition) is 0. The summed E-state index contributed by atoms with van der Waals surface area (Å²) in [6.07, 6.45) is 2.60. The van der Waals surface area contributed by atoms with Crippen LogP contribution in [0.4, 0.5) is 0 Å². The topological polar surface area (TPSA) is 53.4 Å². The number of aryl methyl sites for hydroxylation is 1. The lowest BCUT2D eigenvalue weighted by Gasteiger charge is -2.10. The number of benzene rings is 1. The fourth-order valence-electron chi connectivity index (χ4n) is 1.77. The Morgan fingerprint density at radius 2 is 1.89 bits per heavy atom. The van der Waals surface area contributed by atoms with Gasteiger partial charge in [0.05, 0.1) is 19.9 Å². The lowest BCUT2D eigenvalue weighted by Crippen LogP contribution is -1.96. The molecule has 0 radical (unpaired) electrons. The normalized spacial score (nSPS) is 10.2. The molecule has 5 nitrogen and oxygen atoms in total. The van der Waals surface area contributed by atoms with Gasteiger partial charge < -0.3 is 9.47 Å². The highest BCUT2D eigenvalue weighted by molar-refractivity contribution is 5.88. The number of ether oxygens (including phenoxy) is 2. The summed E-state index contributed by atoms with van der Waals surface area (Å²) in [6.45, 7) is 0. The number of hydrogen-bond acceptors (Lipinski definition) is 4. The van der Waals surface area contributed by atoms with Crippen LogP contribution in [-0.4, -0.2) is 30.3 Å². The Kier molecular flexibility index (Phi) is 3.32. The van der Waals surface area contributed by atoms with Crippen LogP contribution in [0.2, 0.25) is 0 Å². The molecule has 0 saturated carbocycles. The standard InChI is InChI=1S/C13H14N2O3/c1-15-5-4-11(14-15)10-7-13(18-3)12(17-2)6-9(10)8-16/h4-8H,1-3H3. The fraction of sp³-hybridized carbons (Fsp3) is 0.231. The van der Waals surface area contributed by atoms with Gasteiger partial charge in [-0.3, -0.25) is 9.48 Å². The second-order valence-electron chi connectivity index (χ2n) is 3.79. The molecule has 0 fully saturated rings. The predicted octanol–water partition coefficient (Wildman–Crippen LogP) is 1.92. The minimum absolute atomic E-state index is 0.520. The molecule has 0 bridgehead atoms. The summed E-state index contributed by atoms with van der Waals surface area (Å²) in [4.78, 5) is 11.1. The molecule has 5 heteroatoms. The van der Waals surface area contributed by atoms with Gasteiger partial charge in [0.2, 0.25) is 0 Å². The molecule has 0 atom stereocenters. The Morgan fingerprint density at radius 1 is 1.22 bits per heavy atom. The summed E-state index contributed by atoms with van der Waals surface area (Å²) < 4.78 is 12.1. The van der Waals surface area contributed by atoms with Crippen LogP contribution in [0.15, 0.2) is 24.4 Å². The minimum atomic E-state index is 0.520. The molecule has 0 aliphatic heterocycles. The van der Waals surface area contributed by atoms with E-state index in [9.17, 15) is 4.79 Å². The Hall–Kier alpha value is -2.30. The average Bonchev–Trinajstić information content (AvgIpc) is 2.83. The highest BCUT2D eigenvalue weighted by atomic mass is 16.5. The molecular weight excluding hydrogens is 232 g/mol. The molecule has 0 N–H and O–H groups in total. The second-order valence-corrected chi connectivity index (χ2v) is 3.79. The van der Waals surface area contributed by atoms with Crippen LogP contribution >= 0.6 is 0 Å². The number of carbonyl (C=O) groups excluding carboxylic acids is 1. The SMILES string of the molecule is COc1cc(C=O)c(-c2ccn(C)n2)cc1OC. The first kappa shape index (κ1) is 12.2. The van der Waals surface area contributed by atoms with E-state index in [1.54, 1.807) is 23.9 Å². The van der Waals surface area contributed by atoms with Crippen LogP contribution in [0, 0.1) is 0 Å². The van der Waals surface area contributed by atoms with Gasteiger partial charge >= 0.3 is 0 Å². The molecule has 0 saturated heterocycles. The van der Waals surface area contributed by atoms with Crippen molar-refractivity contribution in [3.05, 3.63) is 30.0 Å². The molecule has 1 aromatic heterocycles. The van der Waals surface area contributed by atoms with E-state index < -0.39 is 0 Å². The molecular formula is C13H14N2O3. The molecule has 18 heavy (non-hydrogen) atoms. The van der Waals surface area contributed by atoms with E-state index in [2.05, 4.69) is 5.10 Å². The minimum Gasteiger partial charge on any atom is -0.493 e. The zero-order valence-electron chi connectivity index (χ0n) is 10.5. The van der Waals surface area contributed by atoms with Gasteiger partial charge in [-0.05, 0) is 18.2 Å². The van der Waals surface area contributed by atoms with E-state index in [0.717, 1.165) is 17.5 Å². The third-order valence-electron chi connectivity index (χ3n) is 2.67. The molecule has 0 amide bonds. The highest BCUT2D eigenvalue weighted by Gasteiger charge is 2.13. The van der Waals surface area contributed by atoms with Gasteiger partial charge in [0.25, 0.3) is 0 Å². The second kappa shape index (κ2) is 4.91. The molecule has 0 aliphatic rings. The molecule has 0 aliphatic carbocycles. The maximum Gasteiger partial charge on any atom is 0.161 e. The van der Waals surface area contributed by atoms with E-state index in [1.807, 2.05) is 19.3 Å². The summed E-state index contributed by atoms with van der Waals surface area (Å²) >= 11 is 0. The number of nitrogens with zero attached hydrogens (tertiary/aromatic N) is 2. The van der Waals surface area contributed by atoms with E-state index >= 15 is 0 Å². The van der Waals surface area contributed by atoms with Crippen molar-refractivity contribution in [2.75, 3.05) is 14.2 Å². The third kappa shape index (κ3) is 2.07. The Balaban J connectivity index is 2.62. The van der Waals surface area contributed by atoms with Gasteiger partial charge in [0, 0.05) is 24.4 Å². The van der Waals surface area contributed by atoms with Crippen LogP contribution < -0.4 is 9.47 Å². The lowest BCUT2D eigenvalue weighted by atomic mass is 10.0. The van der Waals surface area contributed by atoms with Crippen molar-refractivity contribution < 1.29 is 14.3 Å². The first-order chi connectivity index (χ1) is 8.69. The van der Waals surface area contributed by atoms with Crippen molar-refractivity contribution in [3.8, 4) is 22.8 Å². The maximum absolute atomic E-state index is 11.1. The highest BCUT2D eigenvalue weighted by Crippen LogP contribution is 2.34. The van der Waals surface area contributed by atoms with E-state index in [4.69, 9.17) is 9.47 Å². The summed E-state index contributed by atoms with van der Waals surface area (Å²) in [7, 11) is 4.92. The zero-order valence-corrected chi connectivity index (χ0v) is 10.5. The van der Waals surface area contributed by atoms with E-state index in [-0.39, 0.29) is 0 Å². The van der Waals surface area contributed by atoms with Crippen molar-refractivity contribution in [2.45, 2.75) is 0 Å². The van der Waals surface area contributed by atoms with E-state index in [0.29, 0.717) is 17.1 Å². The Labute approximate surface area is 105 Å². The van der Waals surface area contributed by atoms with Crippen LogP contribution in [0.5, 0.6) is 11.5 Å². The average molecular weight is 246 g/mol. The molecule has 2 aromatic rings. The number of rotatable bonds is 4.